The fourth-order valence-corrected chi connectivity index (χ4v) is 3.32. The molecule has 0 spiro atoms. The van der Waals surface area contributed by atoms with Gasteiger partial charge in [0.2, 0.25) is 5.91 Å². The minimum Gasteiger partial charge on any atom is -0.465 e. The SMILES string of the molecule is COC(=O)c1cc(N2CC(CS(=O)(=O)F)CC2=O)ccc1C. The molecular weight excluding hydrogens is 313 g/mol. The highest BCUT2D eigenvalue weighted by molar-refractivity contribution is 7.86. The molecule has 8 heteroatoms. The standard InChI is InChI=1S/C14H16FNO5S/c1-9-3-4-11(6-12(9)14(18)21-2)16-7-10(5-13(16)17)8-22(15,19)20/h3-4,6,10H,5,7-8H2,1-2H3. The Labute approximate surface area is 128 Å². The largest absolute Gasteiger partial charge is 0.465 e. The van der Waals surface area contributed by atoms with Gasteiger partial charge in [0.05, 0.1) is 18.4 Å². The van der Waals surface area contributed by atoms with E-state index in [2.05, 4.69) is 4.74 Å². The molecule has 1 aliphatic rings. The van der Waals surface area contributed by atoms with Gasteiger partial charge in [0, 0.05) is 24.6 Å². The van der Waals surface area contributed by atoms with Gasteiger partial charge in [-0.3, -0.25) is 4.79 Å². The normalized spacial score (nSPS) is 18.6. The third-order valence-electron chi connectivity index (χ3n) is 3.58. The zero-order valence-corrected chi connectivity index (χ0v) is 13.0. The van der Waals surface area contributed by atoms with Gasteiger partial charge >= 0.3 is 16.2 Å². The van der Waals surface area contributed by atoms with Crippen molar-refractivity contribution >= 4 is 27.8 Å². The highest BCUT2D eigenvalue weighted by atomic mass is 32.3. The number of hydrogen-bond acceptors (Lipinski definition) is 5. The Morgan fingerprint density at radius 2 is 2.14 bits per heavy atom. The lowest BCUT2D eigenvalue weighted by Crippen LogP contribution is -2.25. The van der Waals surface area contributed by atoms with E-state index in [1.54, 1.807) is 19.1 Å². The number of rotatable bonds is 4. The third-order valence-corrected chi connectivity index (χ3v) is 4.45. The summed E-state index contributed by atoms with van der Waals surface area (Å²) >= 11 is 0. The lowest BCUT2D eigenvalue weighted by atomic mass is 10.1. The Bertz CT molecular complexity index is 716. The Balaban J connectivity index is 2.25. The Morgan fingerprint density at radius 1 is 1.45 bits per heavy atom. The quantitative estimate of drug-likeness (QED) is 0.617. The number of carbonyl (C=O) groups excluding carboxylic acids is 2. The van der Waals surface area contributed by atoms with Gasteiger partial charge in [-0.2, -0.15) is 8.42 Å². The van der Waals surface area contributed by atoms with Crippen molar-refractivity contribution in [1.82, 2.24) is 0 Å². The number of ether oxygens (including phenoxy) is 1. The molecule has 0 N–H and O–H groups in total. The molecule has 2 rings (SSSR count). The lowest BCUT2D eigenvalue weighted by molar-refractivity contribution is -0.117. The van der Waals surface area contributed by atoms with E-state index in [-0.39, 0.29) is 18.9 Å². The number of anilines is 1. The summed E-state index contributed by atoms with van der Waals surface area (Å²) in [4.78, 5) is 25.0. The van der Waals surface area contributed by atoms with Crippen LogP contribution in [0, 0.1) is 12.8 Å². The number of esters is 1. The maximum absolute atomic E-state index is 12.7. The van der Waals surface area contributed by atoms with Gasteiger partial charge in [0.15, 0.2) is 0 Å². The van der Waals surface area contributed by atoms with Crippen molar-refractivity contribution < 1.29 is 26.6 Å². The van der Waals surface area contributed by atoms with Crippen LogP contribution in [0.2, 0.25) is 0 Å². The van der Waals surface area contributed by atoms with Crippen molar-refractivity contribution in [3.63, 3.8) is 0 Å². The van der Waals surface area contributed by atoms with Gasteiger partial charge in [0.25, 0.3) is 0 Å². The van der Waals surface area contributed by atoms with Crippen LogP contribution in [0.4, 0.5) is 9.57 Å². The van der Waals surface area contributed by atoms with E-state index in [0.717, 1.165) is 0 Å². The summed E-state index contributed by atoms with van der Waals surface area (Å²) in [6.07, 6.45) is -0.0371. The van der Waals surface area contributed by atoms with Crippen LogP contribution in [0.5, 0.6) is 0 Å². The van der Waals surface area contributed by atoms with Gasteiger partial charge in [-0.05, 0) is 24.6 Å². The number of amides is 1. The molecule has 0 aliphatic carbocycles. The van der Waals surface area contributed by atoms with Crippen molar-refractivity contribution in [3.8, 4) is 0 Å². The number of nitrogens with zero attached hydrogens (tertiary/aromatic N) is 1. The molecule has 1 aromatic carbocycles. The number of aryl methyl sites for hydroxylation is 1. The van der Waals surface area contributed by atoms with Crippen molar-refractivity contribution in [2.45, 2.75) is 13.3 Å². The van der Waals surface area contributed by atoms with Gasteiger partial charge in [-0.15, -0.1) is 3.89 Å². The molecule has 0 aromatic heterocycles. The zero-order valence-electron chi connectivity index (χ0n) is 12.2. The third kappa shape index (κ3) is 3.62. The second kappa shape index (κ2) is 6.04. The molecule has 1 saturated heterocycles. The molecule has 0 saturated carbocycles. The van der Waals surface area contributed by atoms with Crippen LogP contribution in [0.3, 0.4) is 0 Å². The number of hydrogen-bond donors (Lipinski definition) is 0. The molecule has 0 radical (unpaired) electrons. The second-order valence-electron chi connectivity index (χ2n) is 5.27. The minimum absolute atomic E-state index is 0.0371. The minimum atomic E-state index is -4.62. The fraction of sp³-hybridized carbons (Fsp3) is 0.429. The van der Waals surface area contributed by atoms with Crippen molar-refractivity contribution in [2.24, 2.45) is 5.92 Å². The van der Waals surface area contributed by atoms with Crippen molar-refractivity contribution in [2.75, 3.05) is 24.3 Å². The predicted molar refractivity (Wildman–Crippen MR) is 77.9 cm³/mol. The van der Waals surface area contributed by atoms with Crippen LogP contribution in [0.1, 0.15) is 22.3 Å². The number of carbonyl (C=O) groups is 2. The summed E-state index contributed by atoms with van der Waals surface area (Å²) in [5, 5.41) is 0. The van der Waals surface area contributed by atoms with Crippen molar-refractivity contribution in [1.29, 1.82) is 0 Å². The van der Waals surface area contributed by atoms with E-state index in [0.29, 0.717) is 16.8 Å². The predicted octanol–water partition coefficient (Wildman–Crippen LogP) is 1.43. The molecule has 22 heavy (non-hydrogen) atoms. The molecule has 1 unspecified atom stereocenters. The molecule has 1 amide bonds. The summed E-state index contributed by atoms with van der Waals surface area (Å²) in [6.45, 7) is 1.84. The number of methoxy groups -OCH3 is 1. The highest BCUT2D eigenvalue weighted by Gasteiger charge is 2.34. The molecule has 1 aliphatic heterocycles. The summed E-state index contributed by atoms with van der Waals surface area (Å²) in [5.41, 5.74) is 1.49. The number of halogens is 1. The smallest absolute Gasteiger partial charge is 0.338 e. The topological polar surface area (TPSA) is 80.8 Å². The van der Waals surface area contributed by atoms with E-state index in [9.17, 15) is 21.9 Å². The molecule has 120 valence electrons. The molecule has 1 atom stereocenters. The Morgan fingerprint density at radius 3 is 2.73 bits per heavy atom. The van der Waals surface area contributed by atoms with E-state index in [1.165, 1.54) is 18.1 Å². The first kappa shape index (κ1) is 16.4. The summed E-state index contributed by atoms with van der Waals surface area (Å²) in [6, 6.07) is 4.85. The highest BCUT2D eigenvalue weighted by Crippen LogP contribution is 2.28. The van der Waals surface area contributed by atoms with Crippen LogP contribution in [0.15, 0.2) is 18.2 Å². The monoisotopic (exact) mass is 329 g/mol. The van der Waals surface area contributed by atoms with Gasteiger partial charge in [0.1, 0.15) is 0 Å². The maximum atomic E-state index is 12.7. The molecule has 0 bridgehead atoms. The molecule has 6 nitrogen and oxygen atoms in total. The Hall–Kier alpha value is -1.96. The lowest BCUT2D eigenvalue weighted by Gasteiger charge is -2.18. The zero-order chi connectivity index (χ0) is 16.5. The van der Waals surface area contributed by atoms with Crippen LogP contribution in [-0.2, 0) is 19.8 Å². The van der Waals surface area contributed by atoms with Gasteiger partial charge < -0.3 is 9.64 Å². The van der Waals surface area contributed by atoms with E-state index < -0.39 is 27.9 Å². The maximum Gasteiger partial charge on any atom is 0.338 e. The van der Waals surface area contributed by atoms with Gasteiger partial charge in [-0.25, -0.2) is 4.79 Å². The average molecular weight is 329 g/mol. The summed E-state index contributed by atoms with van der Waals surface area (Å²) in [5.74, 6) is -2.09. The first-order valence-electron chi connectivity index (χ1n) is 6.63. The van der Waals surface area contributed by atoms with Crippen molar-refractivity contribution in [3.05, 3.63) is 29.3 Å². The van der Waals surface area contributed by atoms with E-state index in [4.69, 9.17) is 0 Å². The van der Waals surface area contributed by atoms with E-state index >= 15 is 0 Å². The Kier molecular flexibility index (Phi) is 4.50. The van der Waals surface area contributed by atoms with Crippen LogP contribution in [-0.4, -0.2) is 39.7 Å². The fourth-order valence-electron chi connectivity index (χ4n) is 2.53. The number of benzene rings is 1. The molecule has 1 heterocycles. The first-order chi connectivity index (χ1) is 10.2. The second-order valence-corrected chi connectivity index (χ2v) is 6.68. The molecular formula is C14H16FNO5S. The first-order valence-corrected chi connectivity index (χ1v) is 8.18. The molecule has 1 aromatic rings. The van der Waals surface area contributed by atoms with Crippen LogP contribution >= 0.6 is 0 Å². The van der Waals surface area contributed by atoms with E-state index in [1.807, 2.05) is 0 Å². The summed E-state index contributed by atoms with van der Waals surface area (Å²) in [7, 11) is -3.36. The van der Waals surface area contributed by atoms with Gasteiger partial charge in [-0.1, -0.05) is 6.07 Å². The van der Waals surface area contributed by atoms with Crippen LogP contribution < -0.4 is 4.90 Å². The summed E-state index contributed by atoms with van der Waals surface area (Å²) < 4.78 is 38.8. The molecule has 1 fully saturated rings. The van der Waals surface area contributed by atoms with Crippen LogP contribution in [0.25, 0.3) is 0 Å². The average Bonchev–Trinajstić information content (AvgIpc) is 2.77.